The van der Waals surface area contributed by atoms with Crippen molar-refractivity contribution in [2.75, 3.05) is 26.0 Å². The van der Waals surface area contributed by atoms with Crippen LogP contribution in [0.4, 0.5) is 14.5 Å². The maximum Gasteiger partial charge on any atom is 0.242 e. The number of hydrogen-bond donors (Lipinski definition) is 2. The number of anilines is 1. The lowest BCUT2D eigenvalue weighted by Gasteiger charge is -2.15. The molecule has 140 valence electrons. The van der Waals surface area contributed by atoms with Gasteiger partial charge in [0.1, 0.15) is 11.6 Å². The molecular formula is C17H19F2N3O3S. The molecule has 0 saturated heterocycles. The van der Waals surface area contributed by atoms with Gasteiger partial charge in [-0.25, -0.2) is 21.5 Å². The Morgan fingerprint density at radius 3 is 2.31 bits per heavy atom. The molecule has 0 heterocycles. The van der Waals surface area contributed by atoms with Crippen LogP contribution in [0.2, 0.25) is 0 Å². The summed E-state index contributed by atoms with van der Waals surface area (Å²) in [5, 5.41) is 5.18. The van der Waals surface area contributed by atoms with Crippen LogP contribution in [0, 0.1) is 11.6 Å². The molecule has 0 aliphatic carbocycles. The van der Waals surface area contributed by atoms with Gasteiger partial charge in [0, 0.05) is 32.4 Å². The van der Waals surface area contributed by atoms with E-state index in [1.54, 1.807) is 18.2 Å². The summed E-state index contributed by atoms with van der Waals surface area (Å²) in [7, 11) is -0.790. The minimum absolute atomic E-state index is 0.00126. The van der Waals surface area contributed by atoms with Gasteiger partial charge in [0.15, 0.2) is 0 Å². The first-order chi connectivity index (χ1) is 12.2. The summed E-state index contributed by atoms with van der Waals surface area (Å²) in [6.45, 7) is -0.216. The quantitative estimate of drug-likeness (QED) is 0.766. The maximum atomic E-state index is 13.1. The largest absolute Gasteiger partial charge is 0.376 e. The zero-order valence-corrected chi connectivity index (χ0v) is 15.1. The summed E-state index contributed by atoms with van der Waals surface area (Å²) < 4.78 is 51.9. The van der Waals surface area contributed by atoms with E-state index in [9.17, 15) is 22.0 Å². The molecule has 0 bridgehead atoms. The fraction of sp³-hybridized carbons (Fsp3) is 0.235. The second-order valence-electron chi connectivity index (χ2n) is 5.68. The highest BCUT2D eigenvalue weighted by molar-refractivity contribution is 7.89. The van der Waals surface area contributed by atoms with Crippen molar-refractivity contribution in [2.45, 2.75) is 11.4 Å². The molecule has 0 aliphatic heterocycles. The van der Waals surface area contributed by atoms with Crippen molar-refractivity contribution in [2.24, 2.45) is 0 Å². The predicted octanol–water partition coefficient (Wildman–Crippen LogP) is 1.94. The van der Waals surface area contributed by atoms with Crippen molar-refractivity contribution >= 4 is 21.6 Å². The van der Waals surface area contributed by atoms with Crippen LogP contribution in [0.3, 0.4) is 0 Å². The van der Waals surface area contributed by atoms with Crippen molar-refractivity contribution < 1.29 is 22.0 Å². The van der Waals surface area contributed by atoms with Gasteiger partial charge in [-0.05, 0) is 23.8 Å². The third-order valence-electron chi connectivity index (χ3n) is 3.52. The average Bonchev–Trinajstić information content (AvgIpc) is 2.57. The molecular weight excluding hydrogens is 364 g/mol. The fourth-order valence-electron chi connectivity index (χ4n) is 2.19. The highest BCUT2D eigenvalue weighted by Crippen LogP contribution is 2.18. The van der Waals surface area contributed by atoms with Gasteiger partial charge in [-0.15, -0.1) is 0 Å². The van der Waals surface area contributed by atoms with Gasteiger partial charge < -0.3 is 10.6 Å². The Kier molecular flexibility index (Phi) is 6.27. The van der Waals surface area contributed by atoms with Crippen molar-refractivity contribution in [3.63, 3.8) is 0 Å². The van der Waals surface area contributed by atoms with Gasteiger partial charge in [0.25, 0.3) is 0 Å². The highest BCUT2D eigenvalue weighted by atomic mass is 32.2. The first kappa shape index (κ1) is 19.8. The van der Waals surface area contributed by atoms with E-state index in [0.717, 1.165) is 22.5 Å². The molecule has 0 aliphatic rings. The number of rotatable bonds is 7. The topological polar surface area (TPSA) is 78.5 Å². The van der Waals surface area contributed by atoms with Gasteiger partial charge in [0.05, 0.1) is 11.4 Å². The molecule has 1 amide bonds. The summed E-state index contributed by atoms with van der Waals surface area (Å²) in [6, 6.07) is 9.19. The number of hydrogen-bond acceptors (Lipinski definition) is 4. The van der Waals surface area contributed by atoms with E-state index in [4.69, 9.17) is 0 Å². The number of nitrogens with one attached hydrogen (secondary N) is 2. The van der Waals surface area contributed by atoms with E-state index in [-0.39, 0.29) is 23.7 Å². The van der Waals surface area contributed by atoms with Gasteiger partial charge in [-0.2, -0.15) is 0 Å². The molecule has 2 aromatic rings. The Morgan fingerprint density at radius 1 is 1.08 bits per heavy atom. The Balaban J connectivity index is 2.00. The van der Waals surface area contributed by atoms with Gasteiger partial charge in [-0.1, -0.05) is 18.2 Å². The van der Waals surface area contributed by atoms with Crippen molar-refractivity contribution in [3.05, 3.63) is 59.7 Å². The van der Waals surface area contributed by atoms with Crippen LogP contribution in [-0.4, -0.2) is 39.3 Å². The molecule has 0 atom stereocenters. The molecule has 0 radical (unpaired) electrons. The Bertz CT molecular complexity index is 882. The third kappa shape index (κ3) is 4.99. The molecule has 0 fully saturated rings. The second-order valence-corrected chi connectivity index (χ2v) is 7.80. The van der Waals surface area contributed by atoms with Crippen LogP contribution >= 0.6 is 0 Å². The van der Waals surface area contributed by atoms with E-state index in [2.05, 4.69) is 10.6 Å². The van der Waals surface area contributed by atoms with Gasteiger partial charge >= 0.3 is 0 Å². The minimum Gasteiger partial charge on any atom is -0.376 e. The molecule has 9 heteroatoms. The zero-order chi connectivity index (χ0) is 19.3. The van der Waals surface area contributed by atoms with E-state index >= 15 is 0 Å². The molecule has 0 aromatic heterocycles. The molecule has 6 nitrogen and oxygen atoms in total. The van der Waals surface area contributed by atoms with Crippen molar-refractivity contribution in [1.29, 1.82) is 0 Å². The fourth-order valence-corrected chi connectivity index (χ4v) is 3.31. The SMILES string of the molecule is CN(C)S(=O)(=O)c1ccccc1CNC(=O)CNc1cc(F)cc(F)c1. The molecule has 2 aromatic carbocycles. The number of benzene rings is 2. The number of carbonyl (C=O) groups excluding carboxylic acids is 1. The maximum absolute atomic E-state index is 13.1. The number of nitrogens with zero attached hydrogens (tertiary/aromatic N) is 1. The van der Waals surface area contributed by atoms with Crippen molar-refractivity contribution in [1.82, 2.24) is 9.62 Å². The summed E-state index contributed by atoms with van der Waals surface area (Å²) in [4.78, 5) is 12.0. The summed E-state index contributed by atoms with van der Waals surface area (Å²) in [6.07, 6.45) is 0. The Hall–Kier alpha value is -2.52. The number of carbonyl (C=O) groups is 1. The lowest BCUT2D eigenvalue weighted by molar-refractivity contribution is -0.119. The number of halogens is 2. The van der Waals surface area contributed by atoms with E-state index in [0.29, 0.717) is 5.56 Å². The smallest absolute Gasteiger partial charge is 0.242 e. The normalized spacial score (nSPS) is 11.4. The first-order valence-corrected chi connectivity index (χ1v) is 9.11. The van der Waals surface area contributed by atoms with Gasteiger partial charge in [-0.3, -0.25) is 4.79 Å². The number of amides is 1. The van der Waals surface area contributed by atoms with Crippen LogP contribution in [-0.2, 0) is 21.4 Å². The summed E-state index contributed by atoms with van der Waals surface area (Å²) >= 11 is 0. The van der Waals surface area contributed by atoms with E-state index in [1.165, 1.54) is 20.2 Å². The van der Waals surface area contributed by atoms with Crippen LogP contribution in [0.1, 0.15) is 5.56 Å². The van der Waals surface area contributed by atoms with Crippen molar-refractivity contribution in [3.8, 4) is 0 Å². The number of sulfonamides is 1. The van der Waals surface area contributed by atoms with E-state index < -0.39 is 27.6 Å². The van der Waals surface area contributed by atoms with Gasteiger partial charge in [0.2, 0.25) is 15.9 Å². The van der Waals surface area contributed by atoms with Crippen LogP contribution in [0.5, 0.6) is 0 Å². The molecule has 26 heavy (non-hydrogen) atoms. The molecule has 0 unspecified atom stereocenters. The lowest BCUT2D eigenvalue weighted by Crippen LogP contribution is -2.30. The zero-order valence-electron chi connectivity index (χ0n) is 14.3. The summed E-state index contributed by atoms with van der Waals surface area (Å²) in [5.74, 6) is -1.96. The average molecular weight is 383 g/mol. The third-order valence-corrected chi connectivity index (χ3v) is 5.44. The van der Waals surface area contributed by atoms with Crippen LogP contribution in [0.15, 0.2) is 47.4 Å². The molecule has 2 N–H and O–H groups in total. The Labute approximate surface area is 150 Å². The van der Waals surface area contributed by atoms with Crippen LogP contribution in [0.25, 0.3) is 0 Å². The first-order valence-electron chi connectivity index (χ1n) is 7.67. The molecule has 0 spiro atoms. The monoisotopic (exact) mass is 383 g/mol. The minimum atomic E-state index is -3.64. The molecule has 0 saturated carbocycles. The predicted molar refractivity (Wildman–Crippen MR) is 94.0 cm³/mol. The summed E-state index contributed by atoms with van der Waals surface area (Å²) in [5.41, 5.74) is 0.569. The lowest BCUT2D eigenvalue weighted by atomic mass is 10.2. The van der Waals surface area contributed by atoms with Crippen LogP contribution < -0.4 is 10.6 Å². The standard InChI is InChI=1S/C17H19F2N3O3S/c1-22(2)26(24,25)16-6-4-3-5-12(16)10-21-17(23)11-20-15-8-13(18)7-14(19)9-15/h3-9,20H,10-11H2,1-2H3,(H,21,23). The highest BCUT2D eigenvalue weighted by Gasteiger charge is 2.20. The second kappa shape index (κ2) is 8.24. The molecule has 2 rings (SSSR count). The van der Waals surface area contributed by atoms with E-state index in [1.807, 2.05) is 0 Å². The Morgan fingerprint density at radius 2 is 1.69 bits per heavy atom.